The van der Waals surface area contributed by atoms with Gasteiger partial charge in [0.05, 0.1) is 0 Å². The topological polar surface area (TPSA) is 75.6 Å². The Kier molecular flexibility index (Phi) is 4.68. The van der Waals surface area contributed by atoms with E-state index in [0.29, 0.717) is 13.0 Å². The van der Waals surface area contributed by atoms with Crippen LogP contribution in [-0.2, 0) is 20.7 Å². The molecule has 0 bridgehead atoms. The predicted octanol–water partition coefficient (Wildman–Crippen LogP) is 1.12. The van der Waals surface area contributed by atoms with Crippen LogP contribution in [-0.4, -0.2) is 35.7 Å². The van der Waals surface area contributed by atoms with Gasteiger partial charge in [0, 0.05) is 13.0 Å². The molecule has 1 aromatic carbocycles. The van der Waals surface area contributed by atoms with Crippen LogP contribution in [0.4, 0.5) is 4.39 Å². The summed E-state index contributed by atoms with van der Waals surface area (Å²) in [7, 11) is 0. The average molecular weight is 281 g/mol. The first kappa shape index (κ1) is 14.5. The van der Waals surface area contributed by atoms with Crippen LogP contribution in [0, 0.1) is 5.82 Å². The van der Waals surface area contributed by atoms with E-state index in [9.17, 15) is 14.0 Å². The minimum atomic E-state index is -1.19. The standard InChI is InChI=1S/C14H16FNO4/c15-10-5-2-1-4-9(10)8-11(14(18)19)16-13(17)12-6-3-7-20-12/h1-2,4-5,11-12H,3,6-8H2,(H,16,17)(H,18,19). The molecular formula is C14H16FNO4. The van der Waals surface area contributed by atoms with Gasteiger partial charge in [0.1, 0.15) is 18.0 Å². The lowest BCUT2D eigenvalue weighted by molar-refractivity contribution is -0.143. The van der Waals surface area contributed by atoms with Gasteiger partial charge in [-0.3, -0.25) is 4.79 Å². The molecule has 2 atom stereocenters. The molecule has 1 amide bonds. The highest BCUT2D eigenvalue weighted by atomic mass is 19.1. The lowest BCUT2D eigenvalue weighted by Gasteiger charge is -2.17. The van der Waals surface area contributed by atoms with E-state index in [1.165, 1.54) is 18.2 Å². The number of rotatable bonds is 5. The van der Waals surface area contributed by atoms with Crippen molar-refractivity contribution < 1.29 is 23.8 Å². The number of hydrogen-bond acceptors (Lipinski definition) is 3. The molecule has 0 aromatic heterocycles. The number of aliphatic carboxylic acids is 1. The van der Waals surface area contributed by atoms with E-state index in [2.05, 4.69) is 5.32 Å². The second kappa shape index (κ2) is 6.47. The van der Waals surface area contributed by atoms with Crippen LogP contribution in [0.2, 0.25) is 0 Å². The molecule has 2 unspecified atom stereocenters. The largest absolute Gasteiger partial charge is 0.480 e. The van der Waals surface area contributed by atoms with E-state index in [1.54, 1.807) is 6.07 Å². The smallest absolute Gasteiger partial charge is 0.326 e. The summed E-state index contributed by atoms with van der Waals surface area (Å²) in [5.74, 6) is -2.13. The Hall–Kier alpha value is -1.95. The average Bonchev–Trinajstić information content (AvgIpc) is 2.94. The molecule has 1 heterocycles. The minimum absolute atomic E-state index is 0.0968. The van der Waals surface area contributed by atoms with Crippen molar-refractivity contribution in [3.8, 4) is 0 Å². The van der Waals surface area contributed by atoms with Crippen LogP contribution in [0.3, 0.4) is 0 Å². The van der Waals surface area contributed by atoms with Crippen LogP contribution < -0.4 is 5.32 Å². The molecule has 1 aliphatic heterocycles. The van der Waals surface area contributed by atoms with Gasteiger partial charge >= 0.3 is 5.97 Å². The second-order valence-corrected chi connectivity index (χ2v) is 4.70. The number of benzene rings is 1. The summed E-state index contributed by atoms with van der Waals surface area (Å²) in [5.41, 5.74) is 0.257. The Morgan fingerprint density at radius 3 is 2.80 bits per heavy atom. The van der Waals surface area contributed by atoms with Gasteiger partial charge in [-0.2, -0.15) is 0 Å². The van der Waals surface area contributed by atoms with Crippen molar-refractivity contribution in [1.82, 2.24) is 5.32 Å². The number of amides is 1. The molecule has 0 aliphatic carbocycles. The summed E-state index contributed by atoms with van der Waals surface area (Å²) in [6, 6.07) is 4.75. The number of hydrogen-bond donors (Lipinski definition) is 2. The highest BCUT2D eigenvalue weighted by Crippen LogP contribution is 2.13. The van der Waals surface area contributed by atoms with Crippen LogP contribution in [0.15, 0.2) is 24.3 Å². The summed E-state index contributed by atoms with van der Waals surface area (Å²) in [6.45, 7) is 0.503. The normalized spacial score (nSPS) is 19.6. The summed E-state index contributed by atoms with van der Waals surface area (Å²) in [5, 5.41) is 11.5. The lowest BCUT2D eigenvalue weighted by atomic mass is 10.0. The van der Waals surface area contributed by atoms with Gasteiger partial charge in [-0.25, -0.2) is 9.18 Å². The summed E-state index contributed by atoms with van der Waals surface area (Å²) in [6.07, 6.45) is 0.666. The molecule has 108 valence electrons. The molecule has 6 heteroatoms. The predicted molar refractivity (Wildman–Crippen MR) is 68.6 cm³/mol. The molecule has 1 aliphatic rings. The van der Waals surface area contributed by atoms with Crippen molar-refractivity contribution in [3.63, 3.8) is 0 Å². The van der Waals surface area contributed by atoms with Crippen molar-refractivity contribution in [3.05, 3.63) is 35.6 Å². The molecule has 0 saturated carbocycles. The number of carboxylic acids is 1. The number of carboxylic acid groups (broad SMARTS) is 1. The fourth-order valence-electron chi connectivity index (χ4n) is 2.13. The fourth-order valence-corrected chi connectivity index (χ4v) is 2.13. The highest BCUT2D eigenvalue weighted by molar-refractivity contribution is 5.86. The number of carbonyl (C=O) groups is 2. The highest BCUT2D eigenvalue weighted by Gasteiger charge is 2.28. The molecule has 0 radical (unpaired) electrons. The number of halogens is 1. The maximum absolute atomic E-state index is 13.5. The number of carbonyl (C=O) groups excluding carboxylic acids is 1. The first-order chi connectivity index (χ1) is 9.58. The van der Waals surface area contributed by atoms with Gasteiger partial charge in [-0.05, 0) is 24.5 Å². The Balaban J connectivity index is 2.02. The van der Waals surface area contributed by atoms with E-state index < -0.39 is 29.8 Å². The zero-order valence-electron chi connectivity index (χ0n) is 10.8. The van der Waals surface area contributed by atoms with Crippen LogP contribution >= 0.6 is 0 Å². The van der Waals surface area contributed by atoms with Crippen molar-refractivity contribution in [2.75, 3.05) is 6.61 Å². The summed E-state index contributed by atoms with van der Waals surface area (Å²) >= 11 is 0. The van der Waals surface area contributed by atoms with E-state index in [-0.39, 0.29) is 12.0 Å². The first-order valence-electron chi connectivity index (χ1n) is 6.46. The second-order valence-electron chi connectivity index (χ2n) is 4.70. The molecule has 1 saturated heterocycles. The van der Waals surface area contributed by atoms with Crippen molar-refractivity contribution >= 4 is 11.9 Å². The van der Waals surface area contributed by atoms with Crippen LogP contribution in [0.1, 0.15) is 18.4 Å². The maximum Gasteiger partial charge on any atom is 0.326 e. The Morgan fingerprint density at radius 1 is 1.45 bits per heavy atom. The Bertz CT molecular complexity index is 500. The molecular weight excluding hydrogens is 265 g/mol. The monoisotopic (exact) mass is 281 g/mol. The van der Waals surface area contributed by atoms with E-state index in [1.807, 2.05) is 0 Å². The van der Waals surface area contributed by atoms with Crippen molar-refractivity contribution in [1.29, 1.82) is 0 Å². The van der Waals surface area contributed by atoms with Crippen molar-refractivity contribution in [2.45, 2.75) is 31.4 Å². The zero-order chi connectivity index (χ0) is 14.5. The molecule has 2 rings (SSSR count). The van der Waals surface area contributed by atoms with Gasteiger partial charge in [-0.15, -0.1) is 0 Å². The third-order valence-corrected chi connectivity index (χ3v) is 3.22. The van der Waals surface area contributed by atoms with Crippen molar-refractivity contribution in [2.24, 2.45) is 0 Å². The van der Waals surface area contributed by atoms with E-state index in [0.717, 1.165) is 6.42 Å². The SMILES string of the molecule is O=C(O)C(Cc1ccccc1F)NC(=O)C1CCCO1. The fraction of sp³-hybridized carbons (Fsp3) is 0.429. The zero-order valence-corrected chi connectivity index (χ0v) is 10.8. The Labute approximate surface area is 115 Å². The van der Waals surface area contributed by atoms with Crippen LogP contribution in [0.25, 0.3) is 0 Å². The van der Waals surface area contributed by atoms with Gasteiger partial charge in [0.15, 0.2) is 0 Å². The van der Waals surface area contributed by atoms with Gasteiger partial charge < -0.3 is 15.2 Å². The van der Waals surface area contributed by atoms with E-state index in [4.69, 9.17) is 9.84 Å². The number of nitrogens with one attached hydrogen (secondary N) is 1. The molecule has 2 N–H and O–H groups in total. The van der Waals surface area contributed by atoms with Gasteiger partial charge in [-0.1, -0.05) is 18.2 Å². The summed E-state index contributed by atoms with van der Waals surface area (Å²) in [4.78, 5) is 23.0. The van der Waals surface area contributed by atoms with Gasteiger partial charge in [0.2, 0.25) is 5.91 Å². The maximum atomic E-state index is 13.5. The van der Waals surface area contributed by atoms with Crippen LogP contribution in [0.5, 0.6) is 0 Å². The van der Waals surface area contributed by atoms with E-state index >= 15 is 0 Å². The minimum Gasteiger partial charge on any atom is -0.480 e. The first-order valence-corrected chi connectivity index (χ1v) is 6.46. The molecule has 20 heavy (non-hydrogen) atoms. The third kappa shape index (κ3) is 3.54. The molecule has 1 aromatic rings. The molecule has 1 fully saturated rings. The third-order valence-electron chi connectivity index (χ3n) is 3.22. The quantitative estimate of drug-likeness (QED) is 0.848. The Morgan fingerprint density at radius 2 is 2.20 bits per heavy atom. The van der Waals surface area contributed by atoms with Gasteiger partial charge in [0.25, 0.3) is 0 Å². The lowest BCUT2D eigenvalue weighted by Crippen LogP contribution is -2.46. The molecule has 0 spiro atoms. The summed E-state index contributed by atoms with van der Waals surface area (Å²) < 4.78 is 18.7. The molecule has 5 nitrogen and oxygen atoms in total. The number of ether oxygens (including phenoxy) is 1.